The molecule has 0 aromatic heterocycles. The maximum Gasteiger partial charge on any atom is 0.140 e. The summed E-state index contributed by atoms with van der Waals surface area (Å²) in [6.07, 6.45) is 4.16. The highest BCUT2D eigenvalue weighted by atomic mass is 19.1. The second kappa shape index (κ2) is 3.94. The van der Waals surface area contributed by atoms with Crippen molar-refractivity contribution in [2.75, 3.05) is 0 Å². The van der Waals surface area contributed by atoms with Gasteiger partial charge in [0.15, 0.2) is 0 Å². The molecule has 1 aromatic rings. The summed E-state index contributed by atoms with van der Waals surface area (Å²) in [7, 11) is 0. The van der Waals surface area contributed by atoms with Crippen LogP contribution in [-0.2, 0) is 11.2 Å². The molecular weight excluding hydrogens is 215 g/mol. The fourth-order valence-electron chi connectivity index (χ4n) is 3.44. The topological polar surface area (TPSA) is 17.1 Å². The molecule has 1 aromatic carbocycles. The third kappa shape index (κ3) is 1.90. The Hall–Kier alpha value is -1.18. The molecule has 2 unspecified atom stereocenters. The summed E-state index contributed by atoms with van der Waals surface area (Å²) in [5.74, 6) is 1.71. The van der Waals surface area contributed by atoms with Crippen LogP contribution in [0.25, 0.3) is 0 Å². The fourth-order valence-corrected chi connectivity index (χ4v) is 3.44. The minimum absolute atomic E-state index is 0.241. The van der Waals surface area contributed by atoms with E-state index in [0.29, 0.717) is 30.0 Å². The molecule has 90 valence electrons. The first-order valence-electron chi connectivity index (χ1n) is 6.44. The van der Waals surface area contributed by atoms with Gasteiger partial charge in [-0.2, -0.15) is 0 Å². The van der Waals surface area contributed by atoms with Gasteiger partial charge in [-0.05, 0) is 54.9 Å². The standard InChI is InChI=1S/C15H17FO/c1-9-5-6-11(16)7-10(9)8-14(17)15-12-3-2-4-13(12)15/h5-7,12-13,15H,2-4,8H2,1H3. The smallest absolute Gasteiger partial charge is 0.140 e. The Bertz CT molecular complexity index is 456. The summed E-state index contributed by atoms with van der Waals surface area (Å²) in [6, 6.07) is 4.71. The van der Waals surface area contributed by atoms with Crippen molar-refractivity contribution < 1.29 is 9.18 Å². The first kappa shape index (κ1) is 10.9. The lowest BCUT2D eigenvalue weighted by atomic mass is 9.98. The molecule has 0 aliphatic heterocycles. The van der Waals surface area contributed by atoms with E-state index in [9.17, 15) is 9.18 Å². The van der Waals surface area contributed by atoms with Crippen molar-refractivity contribution in [2.24, 2.45) is 17.8 Å². The lowest BCUT2D eigenvalue weighted by Gasteiger charge is -2.06. The lowest BCUT2D eigenvalue weighted by molar-refractivity contribution is -0.120. The van der Waals surface area contributed by atoms with E-state index in [1.54, 1.807) is 6.07 Å². The number of hydrogen-bond donors (Lipinski definition) is 0. The molecule has 2 atom stereocenters. The lowest BCUT2D eigenvalue weighted by Crippen LogP contribution is -2.10. The molecule has 3 rings (SSSR count). The van der Waals surface area contributed by atoms with Crippen LogP contribution in [0.3, 0.4) is 0 Å². The highest BCUT2D eigenvalue weighted by Gasteiger charge is 2.55. The molecule has 0 radical (unpaired) electrons. The number of carbonyl (C=O) groups excluding carboxylic acids is 1. The molecule has 17 heavy (non-hydrogen) atoms. The molecule has 0 saturated heterocycles. The summed E-state index contributed by atoms with van der Waals surface area (Å²) >= 11 is 0. The van der Waals surface area contributed by atoms with Crippen LogP contribution in [0.1, 0.15) is 30.4 Å². The maximum atomic E-state index is 13.1. The zero-order chi connectivity index (χ0) is 12.0. The summed E-state index contributed by atoms with van der Waals surface area (Å²) in [4.78, 5) is 12.1. The van der Waals surface area contributed by atoms with E-state index in [4.69, 9.17) is 0 Å². The molecule has 2 aliphatic carbocycles. The number of aryl methyl sites for hydroxylation is 1. The van der Waals surface area contributed by atoms with Crippen molar-refractivity contribution in [2.45, 2.75) is 32.6 Å². The Morgan fingerprint density at radius 3 is 2.76 bits per heavy atom. The van der Waals surface area contributed by atoms with E-state index in [2.05, 4.69) is 0 Å². The van der Waals surface area contributed by atoms with Gasteiger partial charge in [0.25, 0.3) is 0 Å². The predicted octanol–water partition coefficient (Wildman–Crippen LogP) is 3.29. The summed E-state index contributed by atoms with van der Waals surface area (Å²) in [5, 5.41) is 0. The summed E-state index contributed by atoms with van der Waals surface area (Å²) in [6.45, 7) is 1.94. The predicted molar refractivity (Wildman–Crippen MR) is 64.2 cm³/mol. The van der Waals surface area contributed by atoms with Crippen molar-refractivity contribution in [3.63, 3.8) is 0 Å². The van der Waals surface area contributed by atoms with Gasteiger partial charge in [0.2, 0.25) is 0 Å². The quantitative estimate of drug-likeness (QED) is 0.781. The van der Waals surface area contributed by atoms with E-state index in [0.717, 1.165) is 11.1 Å². The van der Waals surface area contributed by atoms with Gasteiger partial charge < -0.3 is 0 Å². The van der Waals surface area contributed by atoms with Gasteiger partial charge in [-0.1, -0.05) is 12.5 Å². The Balaban J connectivity index is 1.71. The number of halogens is 1. The van der Waals surface area contributed by atoms with Crippen LogP contribution in [0.2, 0.25) is 0 Å². The molecule has 0 amide bonds. The van der Waals surface area contributed by atoms with Crippen molar-refractivity contribution in [1.29, 1.82) is 0 Å². The summed E-state index contributed by atoms with van der Waals surface area (Å²) in [5.41, 5.74) is 1.88. The first-order valence-corrected chi connectivity index (χ1v) is 6.44. The maximum absolute atomic E-state index is 13.1. The summed E-state index contributed by atoms with van der Waals surface area (Å²) < 4.78 is 13.1. The molecule has 0 N–H and O–H groups in total. The Morgan fingerprint density at radius 1 is 1.35 bits per heavy atom. The zero-order valence-corrected chi connectivity index (χ0v) is 10.1. The highest BCUT2D eigenvalue weighted by Crippen LogP contribution is 2.58. The number of rotatable bonds is 3. The van der Waals surface area contributed by atoms with Crippen molar-refractivity contribution in [1.82, 2.24) is 0 Å². The molecule has 0 heterocycles. The van der Waals surface area contributed by atoms with Crippen molar-refractivity contribution in [3.05, 3.63) is 35.1 Å². The molecular formula is C15H17FO. The van der Waals surface area contributed by atoms with Crippen LogP contribution in [0.15, 0.2) is 18.2 Å². The largest absolute Gasteiger partial charge is 0.299 e. The van der Waals surface area contributed by atoms with E-state index < -0.39 is 0 Å². The van der Waals surface area contributed by atoms with Crippen molar-refractivity contribution in [3.8, 4) is 0 Å². The zero-order valence-electron chi connectivity index (χ0n) is 10.1. The van der Waals surface area contributed by atoms with Crippen molar-refractivity contribution >= 4 is 5.78 Å². The Kier molecular flexibility index (Phi) is 2.53. The van der Waals surface area contributed by atoms with Gasteiger partial charge in [-0.25, -0.2) is 4.39 Å². The third-order valence-corrected chi connectivity index (χ3v) is 4.45. The van der Waals surface area contributed by atoms with Gasteiger partial charge >= 0.3 is 0 Å². The number of Topliss-reactive ketones (excluding diaryl/α,β-unsaturated/α-hetero) is 1. The Labute approximate surface area is 101 Å². The van der Waals surface area contributed by atoms with Crippen LogP contribution in [0.5, 0.6) is 0 Å². The molecule has 2 aliphatic rings. The van der Waals surface area contributed by atoms with E-state index in [-0.39, 0.29) is 5.82 Å². The van der Waals surface area contributed by atoms with Crippen LogP contribution in [-0.4, -0.2) is 5.78 Å². The number of hydrogen-bond acceptors (Lipinski definition) is 1. The highest BCUT2D eigenvalue weighted by molar-refractivity contribution is 5.86. The number of fused-ring (bicyclic) bond motifs is 1. The molecule has 2 saturated carbocycles. The van der Waals surface area contributed by atoms with Gasteiger partial charge in [-0.15, -0.1) is 0 Å². The van der Waals surface area contributed by atoms with E-state index in [1.807, 2.05) is 6.92 Å². The average molecular weight is 232 g/mol. The minimum atomic E-state index is -0.241. The SMILES string of the molecule is Cc1ccc(F)cc1CC(=O)C1C2CCCC21. The van der Waals surface area contributed by atoms with E-state index >= 15 is 0 Å². The van der Waals surface area contributed by atoms with Crippen LogP contribution < -0.4 is 0 Å². The second-order valence-corrected chi connectivity index (χ2v) is 5.50. The minimum Gasteiger partial charge on any atom is -0.299 e. The van der Waals surface area contributed by atoms with Gasteiger partial charge in [0.05, 0.1) is 0 Å². The van der Waals surface area contributed by atoms with Crippen LogP contribution in [0.4, 0.5) is 4.39 Å². The van der Waals surface area contributed by atoms with Gasteiger partial charge in [0.1, 0.15) is 11.6 Å². The Morgan fingerprint density at radius 2 is 2.06 bits per heavy atom. The van der Waals surface area contributed by atoms with Gasteiger partial charge in [-0.3, -0.25) is 4.79 Å². The molecule has 0 bridgehead atoms. The fraction of sp³-hybridized carbons (Fsp3) is 0.533. The first-order chi connectivity index (χ1) is 8.16. The molecule has 2 fully saturated rings. The van der Waals surface area contributed by atoms with Crippen LogP contribution in [0, 0.1) is 30.5 Å². The second-order valence-electron chi connectivity index (χ2n) is 5.50. The number of benzene rings is 1. The molecule has 2 heteroatoms. The molecule has 0 spiro atoms. The monoisotopic (exact) mass is 232 g/mol. The van der Waals surface area contributed by atoms with Gasteiger partial charge in [0, 0.05) is 12.3 Å². The normalized spacial score (nSPS) is 30.1. The number of ketones is 1. The third-order valence-electron chi connectivity index (χ3n) is 4.45. The van der Waals surface area contributed by atoms with E-state index in [1.165, 1.54) is 31.4 Å². The number of carbonyl (C=O) groups is 1. The molecule has 1 nitrogen and oxygen atoms in total. The average Bonchev–Trinajstić information content (AvgIpc) is 2.78. The van der Waals surface area contributed by atoms with Crippen LogP contribution >= 0.6 is 0 Å².